The highest BCUT2D eigenvalue weighted by atomic mass is 16.1. The summed E-state index contributed by atoms with van der Waals surface area (Å²) in [5, 5.41) is 7.11. The number of aromatic nitrogens is 3. The molecule has 1 aliphatic rings. The van der Waals surface area contributed by atoms with Crippen LogP contribution in [0.15, 0.2) is 47.3 Å². The Morgan fingerprint density at radius 3 is 2.83 bits per heavy atom. The average molecular weight is 402 g/mol. The number of nitrogens with zero attached hydrogens (tertiary/aromatic N) is 1. The largest absolute Gasteiger partial charge is 0.397 e. The maximum atomic E-state index is 12.7. The van der Waals surface area contributed by atoms with Crippen LogP contribution < -0.4 is 21.9 Å². The molecule has 0 saturated carbocycles. The molecule has 8 heteroatoms. The molecule has 152 valence electrons. The molecule has 6 N–H and O–H groups in total. The molecule has 0 radical (unpaired) electrons. The fourth-order valence-corrected chi connectivity index (χ4v) is 4.02. The van der Waals surface area contributed by atoms with Gasteiger partial charge in [0.25, 0.3) is 11.5 Å². The van der Waals surface area contributed by atoms with Crippen molar-refractivity contribution in [1.82, 2.24) is 25.6 Å². The molecule has 0 spiro atoms. The third-order valence-corrected chi connectivity index (χ3v) is 5.57. The highest BCUT2D eigenvalue weighted by molar-refractivity contribution is 5.99. The number of hydrogen-bond donors (Lipinski definition) is 5. The fraction of sp³-hybridized carbons (Fsp3) is 0.227. The molecule has 4 aromatic rings. The predicted molar refractivity (Wildman–Crippen MR) is 117 cm³/mol. The van der Waals surface area contributed by atoms with Crippen LogP contribution in [0, 0.1) is 0 Å². The number of para-hydroxylation sites is 1. The Hall–Kier alpha value is -3.65. The van der Waals surface area contributed by atoms with Crippen molar-refractivity contribution in [1.29, 1.82) is 0 Å². The van der Waals surface area contributed by atoms with Gasteiger partial charge in [-0.15, -0.1) is 0 Å². The number of nitrogen functional groups attached to an aromatic ring is 1. The van der Waals surface area contributed by atoms with Crippen LogP contribution in [-0.2, 0) is 0 Å². The number of piperidine rings is 1. The van der Waals surface area contributed by atoms with Gasteiger partial charge in [-0.1, -0.05) is 18.2 Å². The quantitative estimate of drug-likeness (QED) is 0.359. The first-order valence-corrected chi connectivity index (χ1v) is 10.0. The van der Waals surface area contributed by atoms with E-state index in [1.54, 1.807) is 18.2 Å². The lowest BCUT2D eigenvalue weighted by atomic mass is 10.1. The number of nitrogens with one attached hydrogen (secondary N) is 4. The molecule has 1 saturated heterocycles. The first-order valence-electron chi connectivity index (χ1n) is 10.0. The van der Waals surface area contributed by atoms with Gasteiger partial charge in [0.1, 0.15) is 11.4 Å². The minimum absolute atomic E-state index is 0.121. The first-order chi connectivity index (χ1) is 14.6. The van der Waals surface area contributed by atoms with Gasteiger partial charge in [-0.2, -0.15) is 0 Å². The van der Waals surface area contributed by atoms with Crippen molar-refractivity contribution in [2.75, 3.05) is 18.8 Å². The SMILES string of the molecule is Nc1c(-c2nc3ccc(C(=O)NC4CCCNC4)cc3[nH]2)c(=O)[nH]c2ccccc12. The lowest BCUT2D eigenvalue weighted by molar-refractivity contribution is 0.0931. The molecule has 0 aliphatic carbocycles. The molecule has 3 heterocycles. The van der Waals surface area contributed by atoms with Crippen LogP contribution >= 0.6 is 0 Å². The number of H-pyrrole nitrogens is 2. The number of carbonyl (C=O) groups is 1. The van der Waals surface area contributed by atoms with E-state index in [-0.39, 0.29) is 17.5 Å². The van der Waals surface area contributed by atoms with Crippen molar-refractivity contribution < 1.29 is 4.79 Å². The van der Waals surface area contributed by atoms with Gasteiger partial charge in [0.05, 0.1) is 22.2 Å². The van der Waals surface area contributed by atoms with Gasteiger partial charge >= 0.3 is 0 Å². The summed E-state index contributed by atoms with van der Waals surface area (Å²) in [7, 11) is 0. The molecule has 1 aliphatic heterocycles. The molecule has 5 rings (SSSR count). The minimum Gasteiger partial charge on any atom is -0.397 e. The van der Waals surface area contributed by atoms with Gasteiger partial charge in [-0.05, 0) is 43.7 Å². The van der Waals surface area contributed by atoms with E-state index in [1.165, 1.54) is 0 Å². The molecule has 30 heavy (non-hydrogen) atoms. The van der Waals surface area contributed by atoms with E-state index < -0.39 is 0 Å². The van der Waals surface area contributed by atoms with Gasteiger partial charge in [-0.25, -0.2) is 4.98 Å². The minimum atomic E-state index is -0.312. The summed E-state index contributed by atoms with van der Waals surface area (Å²) < 4.78 is 0. The number of rotatable bonds is 3. The number of aromatic amines is 2. The number of hydrogen-bond acceptors (Lipinski definition) is 5. The number of carbonyl (C=O) groups excluding carboxylic acids is 1. The zero-order valence-electron chi connectivity index (χ0n) is 16.3. The van der Waals surface area contributed by atoms with E-state index in [1.807, 2.05) is 24.3 Å². The molecule has 2 aromatic heterocycles. The monoisotopic (exact) mass is 402 g/mol. The van der Waals surface area contributed by atoms with Crippen LogP contribution in [-0.4, -0.2) is 40.0 Å². The summed E-state index contributed by atoms with van der Waals surface area (Å²) in [6, 6.07) is 12.8. The summed E-state index contributed by atoms with van der Waals surface area (Å²) in [6.45, 7) is 1.78. The second-order valence-electron chi connectivity index (χ2n) is 7.62. The van der Waals surface area contributed by atoms with Crippen LogP contribution in [0.1, 0.15) is 23.2 Å². The van der Waals surface area contributed by atoms with E-state index >= 15 is 0 Å². The zero-order chi connectivity index (χ0) is 20.7. The zero-order valence-corrected chi connectivity index (χ0v) is 16.3. The topological polar surface area (TPSA) is 129 Å². The highest BCUT2D eigenvalue weighted by Crippen LogP contribution is 2.28. The Morgan fingerprint density at radius 1 is 1.13 bits per heavy atom. The smallest absolute Gasteiger partial charge is 0.261 e. The molecule has 1 unspecified atom stereocenters. The van der Waals surface area contributed by atoms with Crippen molar-refractivity contribution in [3.63, 3.8) is 0 Å². The summed E-state index contributed by atoms with van der Waals surface area (Å²) in [4.78, 5) is 35.8. The molecule has 2 aromatic carbocycles. The van der Waals surface area contributed by atoms with Crippen molar-refractivity contribution in [2.45, 2.75) is 18.9 Å². The van der Waals surface area contributed by atoms with Crippen molar-refractivity contribution in [3.8, 4) is 11.4 Å². The molecular weight excluding hydrogens is 380 g/mol. The Bertz CT molecular complexity index is 1320. The van der Waals surface area contributed by atoms with Gasteiger partial charge in [0.2, 0.25) is 0 Å². The van der Waals surface area contributed by atoms with Crippen molar-refractivity contribution in [2.24, 2.45) is 0 Å². The van der Waals surface area contributed by atoms with E-state index in [0.29, 0.717) is 39.2 Å². The molecule has 0 bridgehead atoms. The van der Waals surface area contributed by atoms with Crippen LogP contribution in [0.2, 0.25) is 0 Å². The van der Waals surface area contributed by atoms with E-state index in [0.717, 1.165) is 31.3 Å². The number of fused-ring (bicyclic) bond motifs is 2. The Labute approximate surface area is 171 Å². The molecule has 1 fully saturated rings. The number of amides is 1. The van der Waals surface area contributed by atoms with Crippen molar-refractivity contribution in [3.05, 3.63) is 58.4 Å². The maximum Gasteiger partial charge on any atom is 0.261 e. The number of anilines is 1. The van der Waals surface area contributed by atoms with Crippen LogP contribution in [0.3, 0.4) is 0 Å². The van der Waals surface area contributed by atoms with Gasteiger partial charge in [-0.3, -0.25) is 9.59 Å². The second-order valence-corrected chi connectivity index (χ2v) is 7.62. The van der Waals surface area contributed by atoms with Crippen molar-refractivity contribution >= 4 is 33.5 Å². The first kappa shape index (κ1) is 18.4. The number of benzene rings is 2. The van der Waals surface area contributed by atoms with E-state index in [9.17, 15) is 9.59 Å². The normalized spacial score (nSPS) is 16.7. The maximum absolute atomic E-state index is 12.7. The average Bonchev–Trinajstić information content (AvgIpc) is 3.17. The molecule has 1 amide bonds. The van der Waals surface area contributed by atoms with Crippen LogP contribution in [0.4, 0.5) is 5.69 Å². The second kappa shape index (κ2) is 7.31. The van der Waals surface area contributed by atoms with Gasteiger partial charge in [0, 0.05) is 23.5 Å². The Kier molecular flexibility index (Phi) is 4.48. The van der Waals surface area contributed by atoms with E-state index in [4.69, 9.17) is 5.73 Å². The fourth-order valence-electron chi connectivity index (χ4n) is 4.02. The van der Waals surface area contributed by atoms with Crippen LogP contribution in [0.25, 0.3) is 33.3 Å². The molecule has 1 atom stereocenters. The highest BCUT2D eigenvalue weighted by Gasteiger charge is 2.19. The van der Waals surface area contributed by atoms with E-state index in [2.05, 4.69) is 25.6 Å². The summed E-state index contributed by atoms with van der Waals surface area (Å²) in [5.41, 5.74) is 9.22. The lowest BCUT2D eigenvalue weighted by Crippen LogP contribution is -2.45. The third-order valence-electron chi connectivity index (χ3n) is 5.57. The Balaban J connectivity index is 1.51. The number of nitrogens with two attached hydrogens (primary N) is 1. The summed E-state index contributed by atoms with van der Waals surface area (Å²) in [6.07, 6.45) is 2.02. The predicted octanol–water partition coefficient (Wildman–Crippen LogP) is 2.14. The molecule has 8 nitrogen and oxygen atoms in total. The standard InChI is InChI=1S/C22H22N6O2/c23-19-14-5-1-2-6-15(14)28-22(30)18(19)20-26-16-8-7-12(10-17(16)27-20)21(29)25-13-4-3-9-24-11-13/h1-2,5-8,10,13,24H,3-4,9,11H2,(H,25,29)(H,26,27)(H3,23,28,30). The number of pyridine rings is 1. The van der Waals surface area contributed by atoms with Gasteiger partial charge in [0.15, 0.2) is 0 Å². The lowest BCUT2D eigenvalue weighted by Gasteiger charge is -2.23. The van der Waals surface area contributed by atoms with Crippen LogP contribution in [0.5, 0.6) is 0 Å². The third kappa shape index (κ3) is 3.21. The van der Waals surface area contributed by atoms with Gasteiger partial charge < -0.3 is 26.3 Å². The number of imidazole rings is 1. The summed E-state index contributed by atoms with van der Waals surface area (Å²) >= 11 is 0. The summed E-state index contributed by atoms with van der Waals surface area (Å²) in [5.74, 6) is 0.258. The molecular formula is C22H22N6O2. The Morgan fingerprint density at radius 2 is 2.00 bits per heavy atom.